The first-order valence-corrected chi connectivity index (χ1v) is 8.00. The number of aromatic nitrogens is 2. The maximum absolute atomic E-state index is 11.4. The number of aryl methyl sites for hydroxylation is 2. The average molecular weight is 356 g/mol. The Balaban J connectivity index is 1.94. The minimum Gasteiger partial charge on any atom is -0.493 e. The Labute approximate surface area is 150 Å². The van der Waals surface area contributed by atoms with Gasteiger partial charge in [-0.1, -0.05) is 6.07 Å². The lowest BCUT2D eigenvalue weighted by atomic mass is 10.2. The van der Waals surface area contributed by atoms with Gasteiger partial charge in [-0.3, -0.25) is 10.1 Å². The summed E-state index contributed by atoms with van der Waals surface area (Å²) in [4.78, 5) is 15.6. The van der Waals surface area contributed by atoms with E-state index < -0.39 is 4.92 Å². The second kappa shape index (κ2) is 6.91. The third-order valence-corrected chi connectivity index (χ3v) is 4.26. The Morgan fingerprint density at radius 1 is 1.19 bits per heavy atom. The summed E-state index contributed by atoms with van der Waals surface area (Å²) in [6.45, 7) is 2.35. The molecule has 0 bridgehead atoms. The maximum Gasteiger partial charge on any atom is 0.296 e. The van der Waals surface area contributed by atoms with Gasteiger partial charge in [-0.05, 0) is 24.6 Å². The van der Waals surface area contributed by atoms with Crippen molar-refractivity contribution < 1.29 is 14.4 Å². The zero-order valence-corrected chi connectivity index (χ0v) is 15.1. The number of nitro benzene ring substituents is 1. The van der Waals surface area contributed by atoms with Crippen molar-refractivity contribution in [2.45, 2.75) is 13.5 Å². The predicted molar refractivity (Wildman–Crippen MR) is 99.0 cm³/mol. The minimum absolute atomic E-state index is 0.0859. The van der Waals surface area contributed by atoms with Crippen LogP contribution in [0.3, 0.4) is 0 Å². The molecule has 8 nitrogen and oxygen atoms in total. The highest BCUT2D eigenvalue weighted by Crippen LogP contribution is 2.37. The molecule has 0 fully saturated rings. The summed E-state index contributed by atoms with van der Waals surface area (Å²) in [6, 6.07) is 8.96. The standard InChI is InChI=1S/C18H20N4O4/c1-11-5-6-14-13(7-11)20-18(21(14)2)10-19-12-8-16(25-3)17(26-4)9-15(12)22(23)24/h5-9,19H,10H2,1-4H3. The van der Waals surface area contributed by atoms with Gasteiger partial charge in [0.05, 0.1) is 42.8 Å². The van der Waals surface area contributed by atoms with Crippen LogP contribution in [0.4, 0.5) is 11.4 Å². The monoisotopic (exact) mass is 356 g/mol. The molecule has 26 heavy (non-hydrogen) atoms. The highest BCUT2D eigenvalue weighted by Gasteiger charge is 2.20. The van der Waals surface area contributed by atoms with Crippen LogP contribution in [0, 0.1) is 17.0 Å². The van der Waals surface area contributed by atoms with Crippen LogP contribution in [0.1, 0.15) is 11.4 Å². The zero-order valence-electron chi connectivity index (χ0n) is 15.1. The third kappa shape index (κ3) is 3.13. The fourth-order valence-corrected chi connectivity index (χ4v) is 2.85. The number of hydrogen-bond donors (Lipinski definition) is 1. The van der Waals surface area contributed by atoms with Crippen LogP contribution in [0.2, 0.25) is 0 Å². The molecule has 0 amide bonds. The van der Waals surface area contributed by atoms with E-state index in [0.717, 1.165) is 22.4 Å². The second-order valence-corrected chi connectivity index (χ2v) is 5.91. The van der Waals surface area contributed by atoms with E-state index in [-0.39, 0.29) is 5.69 Å². The second-order valence-electron chi connectivity index (χ2n) is 5.91. The van der Waals surface area contributed by atoms with Gasteiger partial charge in [-0.25, -0.2) is 4.98 Å². The molecule has 3 aromatic rings. The van der Waals surface area contributed by atoms with Crippen LogP contribution in [0.5, 0.6) is 11.5 Å². The number of imidazole rings is 1. The summed E-state index contributed by atoms with van der Waals surface area (Å²) in [5.74, 6) is 1.50. The fraction of sp³-hybridized carbons (Fsp3) is 0.278. The highest BCUT2D eigenvalue weighted by atomic mass is 16.6. The van der Waals surface area contributed by atoms with Crippen LogP contribution < -0.4 is 14.8 Å². The van der Waals surface area contributed by atoms with Gasteiger partial charge in [-0.15, -0.1) is 0 Å². The van der Waals surface area contributed by atoms with Crippen molar-refractivity contribution in [1.82, 2.24) is 9.55 Å². The molecule has 3 rings (SSSR count). The molecule has 0 radical (unpaired) electrons. The lowest BCUT2D eigenvalue weighted by molar-refractivity contribution is -0.384. The Bertz CT molecular complexity index is 981. The molecule has 2 aromatic carbocycles. The number of ether oxygens (including phenoxy) is 2. The van der Waals surface area contributed by atoms with Gasteiger partial charge in [0.25, 0.3) is 5.69 Å². The number of nitro groups is 1. The van der Waals surface area contributed by atoms with E-state index in [1.54, 1.807) is 6.07 Å². The van der Waals surface area contributed by atoms with Gasteiger partial charge < -0.3 is 19.4 Å². The smallest absolute Gasteiger partial charge is 0.296 e. The molecule has 1 N–H and O–H groups in total. The van der Waals surface area contributed by atoms with Crippen molar-refractivity contribution >= 4 is 22.4 Å². The number of nitrogens with zero attached hydrogens (tertiary/aromatic N) is 3. The molecule has 0 saturated heterocycles. The third-order valence-electron chi connectivity index (χ3n) is 4.26. The summed E-state index contributed by atoms with van der Waals surface area (Å²) in [5, 5.41) is 14.5. The van der Waals surface area contributed by atoms with E-state index in [4.69, 9.17) is 9.47 Å². The summed E-state index contributed by atoms with van der Waals surface area (Å²) in [7, 11) is 4.85. The number of methoxy groups -OCH3 is 2. The van der Waals surface area contributed by atoms with Crippen molar-refractivity contribution in [3.05, 3.63) is 51.8 Å². The van der Waals surface area contributed by atoms with Crippen LogP contribution in [0.15, 0.2) is 30.3 Å². The van der Waals surface area contributed by atoms with Gasteiger partial charge >= 0.3 is 0 Å². The summed E-state index contributed by atoms with van der Waals surface area (Å²) >= 11 is 0. The topological polar surface area (TPSA) is 91.5 Å². The molecule has 0 atom stereocenters. The summed E-state index contributed by atoms with van der Waals surface area (Å²) in [6.07, 6.45) is 0. The normalized spacial score (nSPS) is 10.8. The van der Waals surface area contributed by atoms with Gasteiger partial charge in [0.1, 0.15) is 11.5 Å². The SMILES string of the molecule is COc1cc(NCc2nc3cc(C)ccc3n2C)c([N+](=O)[O-])cc1OC. The van der Waals surface area contributed by atoms with E-state index in [1.165, 1.54) is 20.3 Å². The maximum atomic E-state index is 11.4. The van der Waals surface area contributed by atoms with Crippen LogP contribution in [-0.4, -0.2) is 28.7 Å². The van der Waals surface area contributed by atoms with Crippen molar-refractivity contribution in [3.63, 3.8) is 0 Å². The van der Waals surface area contributed by atoms with Gasteiger partial charge in [0.15, 0.2) is 11.5 Å². The average Bonchev–Trinajstić information content (AvgIpc) is 2.93. The Kier molecular flexibility index (Phi) is 4.66. The van der Waals surface area contributed by atoms with Crippen molar-refractivity contribution in [3.8, 4) is 11.5 Å². The number of hydrogen-bond acceptors (Lipinski definition) is 6. The first-order chi connectivity index (χ1) is 12.4. The first-order valence-electron chi connectivity index (χ1n) is 8.00. The van der Waals surface area contributed by atoms with Crippen molar-refractivity contribution in [1.29, 1.82) is 0 Å². The van der Waals surface area contributed by atoms with Crippen LogP contribution >= 0.6 is 0 Å². The Morgan fingerprint density at radius 3 is 2.54 bits per heavy atom. The van der Waals surface area contributed by atoms with Crippen LogP contribution in [0.25, 0.3) is 11.0 Å². The fourth-order valence-electron chi connectivity index (χ4n) is 2.85. The van der Waals surface area contributed by atoms with E-state index in [0.29, 0.717) is 23.7 Å². The molecular weight excluding hydrogens is 336 g/mol. The highest BCUT2D eigenvalue weighted by molar-refractivity contribution is 5.77. The lowest BCUT2D eigenvalue weighted by Crippen LogP contribution is -2.08. The largest absolute Gasteiger partial charge is 0.493 e. The molecule has 8 heteroatoms. The molecule has 1 aromatic heterocycles. The Morgan fingerprint density at radius 2 is 1.88 bits per heavy atom. The molecule has 0 aliphatic carbocycles. The van der Waals surface area contributed by atoms with Gasteiger partial charge in [0, 0.05) is 13.1 Å². The molecule has 136 valence electrons. The summed E-state index contributed by atoms with van der Waals surface area (Å²) in [5.41, 5.74) is 3.29. The minimum atomic E-state index is -0.456. The number of rotatable bonds is 6. The molecule has 0 saturated carbocycles. The molecular formula is C18H20N4O4. The van der Waals surface area contributed by atoms with E-state index in [9.17, 15) is 10.1 Å². The number of anilines is 1. The Hall–Kier alpha value is -3.29. The lowest BCUT2D eigenvalue weighted by Gasteiger charge is -2.12. The summed E-state index contributed by atoms with van der Waals surface area (Å²) < 4.78 is 12.3. The van der Waals surface area contributed by atoms with E-state index >= 15 is 0 Å². The molecule has 0 unspecified atom stereocenters. The number of fused-ring (bicyclic) bond motifs is 1. The van der Waals surface area contributed by atoms with Crippen molar-refractivity contribution in [2.75, 3.05) is 19.5 Å². The van der Waals surface area contributed by atoms with Gasteiger partial charge in [0.2, 0.25) is 0 Å². The molecule has 0 spiro atoms. The van der Waals surface area contributed by atoms with Crippen molar-refractivity contribution in [2.24, 2.45) is 7.05 Å². The zero-order chi connectivity index (χ0) is 18.8. The predicted octanol–water partition coefficient (Wildman–Crippen LogP) is 3.42. The van der Waals surface area contributed by atoms with Gasteiger partial charge in [-0.2, -0.15) is 0 Å². The van der Waals surface area contributed by atoms with E-state index in [1.807, 2.05) is 36.7 Å². The molecule has 1 heterocycles. The van der Waals surface area contributed by atoms with E-state index in [2.05, 4.69) is 10.3 Å². The number of benzene rings is 2. The first kappa shape index (κ1) is 17.5. The quantitative estimate of drug-likeness (QED) is 0.537. The molecule has 0 aliphatic heterocycles. The number of nitrogens with one attached hydrogen (secondary N) is 1. The van der Waals surface area contributed by atoms with Crippen LogP contribution in [-0.2, 0) is 13.6 Å². The molecule has 0 aliphatic rings.